The Hall–Kier alpha value is -1.73. The molecule has 0 fully saturated rings. The number of carbonyl (C=O) groups excluding carboxylic acids is 1. The van der Waals surface area contributed by atoms with Crippen molar-refractivity contribution in [3.63, 3.8) is 0 Å². The van der Waals surface area contributed by atoms with Crippen molar-refractivity contribution in [2.75, 3.05) is 18.5 Å². The standard InChI is InChI=1S/C10H12F3N3O2/c1-2-18-8(17)6-7(10(11,12)13)15-9-14-4-3-5-16(6)9/h2-5H2,1H3,(H,14,15). The van der Waals surface area contributed by atoms with Crippen molar-refractivity contribution in [1.82, 2.24) is 9.55 Å². The molecule has 0 spiro atoms. The molecular formula is C10H12F3N3O2. The molecule has 2 rings (SSSR count). The number of esters is 1. The number of alkyl halides is 3. The molecule has 1 aromatic rings. The van der Waals surface area contributed by atoms with Crippen LogP contribution in [0.3, 0.4) is 0 Å². The van der Waals surface area contributed by atoms with Crippen LogP contribution in [0.4, 0.5) is 19.1 Å². The molecule has 0 saturated heterocycles. The number of rotatable bonds is 2. The summed E-state index contributed by atoms with van der Waals surface area (Å²) in [7, 11) is 0. The molecule has 0 saturated carbocycles. The average Bonchev–Trinajstić information content (AvgIpc) is 2.68. The molecule has 1 aromatic heterocycles. The molecule has 0 atom stereocenters. The molecule has 2 heterocycles. The molecule has 0 unspecified atom stereocenters. The molecule has 0 aliphatic carbocycles. The molecule has 8 heteroatoms. The number of nitrogens with one attached hydrogen (secondary N) is 1. The largest absolute Gasteiger partial charge is 0.461 e. The number of fused-ring (bicyclic) bond motifs is 1. The predicted octanol–water partition coefficient (Wildman–Crippen LogP) is 1.89. The van der Waals surface area contributed by atoms with Gasteiger partial charge in [-0.2, -0.15) is 13.2 Å². The number of hydrogen-bond donors (Lipinski definition) is 1. The van der Waals surface area contributed by atoms with Crippen molar-refractivity contribution in [2.24, 2.45) is 0 Å². The molecule has 0 radical (unpaired) electrons. The van der Waals surface area contributed by atoms with Gasteiger partial charge >= 0.3 is 12.1 Å². The summed E-state index contributed by atoms with van der Waals surface area (Å²) < 4.78 is 44.4. The fourth-order valence-electron chi connectivity index (χ4n) is 1.85. The van der Waals surface area contributed by atoms with E-state index < -0.39 is 23.5 Å². The smallest absolute Gasteiger partial charge is 0.435 e. The SMILES string of the molecule is CCOC(=O)c1c(C(F)(F)F)nc2n1CCCN2. The van der Waals surface area contributed by atoms with Gasteiger partial charge in [0.2, 0.25) is 5.95 Å². The van der Waals surface area contributed by atoms with Gasteiger partial charge in [0.05, 0.1) is 6.61 Å². The molecule has 1 N–H and O–H groups in total. The molecule has 1 aliphatic rings. The second-order valence-electron chi connectivity index (χ2n) is 3.78. The number of ether oxygens (including phenoxy) is 1. The van der Waals surface area contributed by atoms with Crippen LogP contribution in [0.2, 0.25) is 0 Å². The van der Waals surface area contributed by atoms with Gasteiger partial charge in [0, 0.05) is 13.1 Å². The Kier molecular flexibility index (Phi) is 3.18. The average molecular weight is 263 g/mol. The number of nitrogens with zero attached hydrogens (tertiary/aromatic N) is 2. The molecule has 100 valence electrons. The highest BCUT2D eigenvalue weighted by atomic mass is 19.4. The van der Waals surface area contributed by atoms with Crippen LogP contribution in [0.1, 0.15) is 29.5 Å². The summed E-state index contributed by atoms with van der Waals surface area (Å²) in [4.78, 5) is 15.1. The normalized spacial score (nSPS) is 14.9. The lowest BCUT2D eigenvalue weighted by Gasteiger charge is -2.17. The Morgan fingerprint density at radius 1 is 1.56 bits per heavy atom. The number of anilines is 1. The first-order chi connectivity index (χ1) is 8.45. The maximum atomic E-state index is 12.8. The summed E-state index contributed by atoms with van der Waals surface area (Å²) in [6, 6.07) is 0. The molecule has 0 aromatic carbocycles. The van der Waals surface area contributed by atoms with Crippen LogP contribution in [0.25, 0.3) is 0 Å². The van der Waals surface area contributed by atoms with E-state index in [-0.39, 0.29) is 12.6 Å². The van der Waals surface area contributed by atoms with Gasteiger partial charge in [-0.3, -0.25) is 0 Å². The van der Waals surface area contributed by atoms with Crippen LogP contribution in [-0.4, -0.2) is 28.7 Å². The molecule has 18 heavy (non-hydrogen) atoms. The summed E-state index contributed by atoms with van der Waals surface area (Å²) in [5, 5.41) is 2.74. The summed E-state index contributed by atoms with van der Waals surface area (Å²) in [5.74, 6) is -0.927. The van der Waals surface area contributed by atoms with Crippen LogP contribution in [-0.2, 0) is 17.5 Å². The Morgan fingerprint density at radius 2 is 2.28 bits per heavy atom. The Balaban J connectivity index is 2.52. The predicted molar refractivity (Wildman–Crippen MR) is 56.3 cm³/mol. The van der Waals surface area contributed by atoms with E-state index in [9.17, 15) is 18.0 Å². The van der Waals surface area contributed by atoms with Crippen molar-refractivity contribution in [2.45, 2.75) is 26.1 Å². The monoisotopic (exact) mass is 263 g/mol. The van der Waals surface area contributed by atoms with Crippen LogP contribution in [0, 0.1) is 0 Å². The number of carbonyl (C=O) groups is 1. The van der Waals surface area contributed by atoms with E-state index in [0.29, 0.717) is 19.5 Å². The lowest BCUT2D eigenvalue weighted by molar-refractivity contribution is -0.141. The van der Waals surface area contributed by atoms with E-state index >= 15 is 0 Å². The summed E-state index contributed by atoms with van der Waals surface area (Å²) >= 11 is 0. The zero-order chi connectivity index (χ0) is 13.3. The molecule has 5 nitrogen and oxygen atoms in total. The quantitative estimate of drug-likeness (QED) is 0.828. The first-order valence-electron chi connectivity index (χ1n) is 5.54. The van der Waals surface area contributed by atoms with Gasteiger partial charge in [0.1, 0.15) is 0 Å². The maximum Gasteiger partial charge on any atom is 0.435 e. The van der Waals surface area contributed by atoms with Gasteiger partial charge in [-0.15, -0.1) is 0 Å². The Bertz CT molecular complexity index is 468. The van der Waals surface area contributed by atoms with Gasteiger partial charge in [-0.05, 0) is 13.3 Å². The highest BCUT2D eigenvalue weighted by Gasteiger charge is 2.42. The van der Waals surface area contributed by atoms with Crippen molar-refractivity contribution >= 4 is 11.9 Å². The third kappa shape index (κ3) is 2.14. The van der Waals surface area contributed by atoms with Crippen LogP contribution < -0.4 is 5.32 Å². The highest BCUT2D eigenvalue weighted by Crippen LogP contribution is 2.34. The van der Waals surface area contributed by atoms with Crippen molar-refractivity contribution in [3.05, 3.63) is 11.4 Å². The first-order valence-corrected chi connectivity index (χ1v) is 5.54. The zero-order valence-electron chi connectivity index (χ0n) is 9.67. The summed E-state index contributed by atoms with van der Waals surface area (Å²) in [6.07, 6.45) is -4.04. The third-order valence-electron chi connectivity index (χ3n) is 2.55. The molecule has 0 amide bonds. The summed E-state index contributed by atoms with van der Waals surface area (Å²) in [6.45, 7) is 2.41. The molecular weight excluding hydrogens is 251 g/mol. The lowest BCUT2D eigenvalue weighted by atomic mass is 10.3. The second kappa shape index (κ2) is 4.51. The molecule has 1 aliphatic heterocycles. The summed E-state index contributed by atoms with van der Waals surface area (Å²) in [5.41, 5.74) is -1.71. The number of aromatic nitrogens is 2. The van der Waals surface area contributed by atoms with Crippen molar-refractivity contribution in [1.29, 1.82) is 0 Å². The van der Waals surface area contributed by atoms with Gasteiger partial charge in [-0.25, -0.2) is 9.78 Å². The van der Waals surface area contributed by atoms with Crippen LogP contribution in [0.5, 0.6) is 0 Å². The van der Waals surface area contributed by atoms with Crippen molar-refractivity contribution < 1.29 is 22.7 Å². The minimum Gasteiger partial charge on any atom is -0.461 e. The third-order valence-corrected chi connectivity index (χ3v) is 2.55. The number of hydrogen-bond acceptors (Lipinski definition) is 4. The Morgan fingerprint density at radius 3 is 2.89 bits per heavy atom. The van der Waals surface area contributed by atoms with Gasteiger partial charge < -0.3 is 14.6 Å². The van der Waals surface area contributed by atoms with Gasteiger partial charge in [0.25, 0.3) is 0 Å². The lowest BCUT2D eigenvalue weighted by Crippen LogP contribution is -2.22. The van der Waals surface area contributed by atoms with E-state index in [4.69, 9.17) is 0 Å². The fourth-order valence-corrected chi connectivity index (χ4v) is 1.85. The maximum absolute atomic E-state index is 12.8. The highest BCUT2D eigenvalue weighted by molar-refractivity contribution is 5.90. The van der Waals surface area contributed by atoms with E-state index in [1.807, 2.05) is 0 Å². The van der Waals surface area contributed by atoms with Crippen LogP contribution >= 0.6 is 0 Å². The topological polar surface area (TPSA) is 56.1 Å². The molecule has 0 bridgehead atoms. The number of imidazole rings is 1. The first kappa shape index (κ1) is 12.7. The van der Waals surface area contributed by atoms with Crippen molar-refractivity contribution in [3.8, 4) is 0 Å². The zero-order valence-corrected chi connectivity index (χ0v) is 9.67. The van der Waals surface area contributed by atoms with E-state index in [1.165, 1.54) is 11.5 Å². The second-order valence-corrected chi connectivity index (χ2v) is 3.78. The minimum atomic E-state index is -4.67. The van der Waals surface area contributed by atoms with E-state index in [1.54, 1.807) is 0 Å². The van der Waals surface area contributed by atoms with E-state index in [0.717, 1.165) is 0 Å². The van der Waals surface area contributed by atoms with Gasteiger partial charge in [-0.1, -0.05) is 0 Å². The fraction of sp³-hybridized carbons (Fsp3) is 0.600. The van der Waals surface area contributed by atoms with Gasteiger partial charge in [0.15, 0.2) is 11.4 Å². The Labute approximate surface area is 101 Å². The van der Waals surface area contributed by atoms with Crippen LogP contribution in [0.15, 0.2) is 0 Å². The minimum absolute atomic E-state index is 0.0179. The number of halogens is 3. The van der Waals surface area contributed by atoms with E-state index in [2.05, 4.69) is 15.0 Å².